The van der Waals surface area contributed by atoms with Gasteiger partial charge in [0.05, 0.1) is 6.61 Å². The molecule has 1 saturated heterocycles. The highest BCUT2D eigenvalue weighted by Gasteiger charge is 2.36. The van der Waals surface area contributed by atoms with Gasteiger partial charge in [-0.15, -0.1) is 0 Å². The lowest BCUT2D eigenvalue weighted by Crippen LogP contribution is -2.37. The molecule has 1 aliphatic heterocycles. The monoisotopic (exact) mass is 508 g/mol. The summed E-state index contributed by atoms with van der Waals surface area (Å²) in [5.74, 6) is -1.54. The van der Waals surface area contributed by atoms with Crippen LogP contribution in [0.5, 0.6) is 11.5 Å². The van der Waals surface area contributed by atoms with Crippen LogP contribution in [-0.4, -0.2) is 42.5 Å². The lowest BCUT2D eigenvalue weighted by atomic mass is 9.95. The molecular formula is C26H28F4N2O4. The van der Waals surface area contributed by atoms with Gasteiger partial charge in [0.1, 0.15) is 11.6 Å². The van der Waals surface area contributed by atoms with Gasteiger partial charge in [-0.2, -0.15) is 8.78 Å². The first-order valence-electron chi connectivity index (χ1n) is 11.9. The van der Waals surface area contributed by atoms with Crippen LogP contribution in [-0.2, 0) is 16.1 Å². The first-order chi connectivity index (χ1) is 17.2. The average Bonchev–Trinajstić information content (AvgIpc) is 3.55. The normalized spacial score (nSPS) is 19.4. The molecule has 6 nitrogen and oxygen atoms in total. The Bertz CT molecular complexity index is 1110. The third-order valence-corrected chi connectivity index (χ3v) is 6.56. The van der Waals surface area contributed by atoms with E-state index in [4.69, 9.17) is 4.74 Å². The van der Waals surface area contributed by atoms with E-state index in [1.165, 1.54) is 19.1 Å². The minimum atomic E-state index is -2.98. The van der Waals surface area contributed by atoms with E-state index in [2.05, 4.69) is 10.1 Å². The number of carbonyl (C=O) groups excluding carboxylic acids is 2. The summed E-state index contributed by atoms with van der Waals surface area (Å²) >= 11 is 0. The molecule has 10 heteroatoms. The smallest absolute Gasteiger partial charge is 0.387 e. The molecule has 1 aliphatic carbocycles. The average molecular weight is 509 g/mol. The summed E-state index contributed by atoms with van der Waals surface area (Å²) in [5.41, 5.74) is 0.951. The Morgan fingerprint density at radius 3 is 2.56 bits per heavy atom. The van der Waals surface area contributed by atoms with Gasteiger partial charge < -0.3 is 19.7 Å². The third-order valence-electron chi connectivity index (χ3n) is 6.56. The number of hydrogen-bond acceptors (Lipinski definition) is 4. The number of benzene rings is 2. The van der Waals surface area contributed by atoms with E-state index in [1.54, 1.807) is 17.0 Å². The van der Waals surface area contributed by atoms with Crippen molar-refractivity contribution >= 4 is 11.8 Å². The first-order valence-corrected chi connectivity index (χ1v) is 11.9. The van der Waals surface area contributed by atoms with Crippen molar-refractivity contribution in [3.05, 3.63) is 59.2 Å². The Morgan fingerprint density at radius 1 is 1.11 bits per heavy atom. The van der Waals surface area contributed by atoms with Crippen molar-refractivity contribution in [1.82, 2.24) is 10.2 Å². The van der Waals surface area contributed by atoms with E-state index >= 15 is 0 Å². The van der Waals surface area contributed by atoms with Crippen LogP contribution in [0.25, 0.3) is 0 Å². The van der Waals surface area contributed by atoms with Crippen molar-refractivity contribution in [1.29, 1.82) is 0 Å². The van der Waals surface area contributed by atoms with E-state index in [1.807, 2.05) is 0 Å². The first kappa shape index (κ1) is 25.8. The molecule has 2 atom stereocenters. The minimum absolute atomic E-state index is 0.0104. The number of nitrogens with zero attached hydrogens (tertiary/aromatic N) is 1. The van der Waals surface area contributed by atoms with Crippen LogP contribution >= 0.6 is 0 Å². The molecule has 4 rings (SSSR count). The standard InChI is InChI=1S/C26H28F4N2O4/c1-15(33)32-13-19(8-21(32)11-25(34)31-12-18-4-6-20(27)10-22(18)28)17-5-7-23(36-26(29)30)24(9-17)35-14-16-2-3-16/h4-7,9-10,16,19,21,26H,2-3,8,11-14H2,1H3,(H,31,34)/t19?,21-/m0/s1. The maximum Gasteiger partial charge on any atom is 0.387 e. The number of ether oxygens (including phenoxy) is 2. The molecule has 0 aromatic heterocycles. The fourth-order valence-corrected chi connectivity index (χ4v) is 4.46. The van der Waals surface area contributed by atoms with E-state index in [9.17, 15) is 27.2 Å². The molecule has 2 aromatic rings. The van der Waals surface area contributed by atoms with E-state index in [-0.39, 0.29) is 47.8 Å². The topological polar surface area (TPSA) is 67.9 Å². The van der Waals surface area contributed by atoms with Crippen molar-refractivity contribution < 1.29 is 36.6 Å². The molecular weight excluding hydrogens is 480 g/mol. The summed E-state index contributed by atoms with van der Waals surface area (Å²) in [6, 6.07) is 7.53. The summed E-state index contributed by atoms with van der Waals surface area (Å²) < 4.78 is 63.0. The SMILES string of the molecule is CC(=O)N1CC(c2ccc(OC(F)F)c(OCC3CC3)c2)C[C@H]1CC(=O)NCc1ccc(F)cc1F. The fourth-order valence-electron chi connectivity index (χ4n) is 4.46. The van der Waals surface area contributed by atoms with Gasteiger partial charge in [0.15, 0.2) is 11.5 Å². The van der Waals surface area contributed by atoms with Crippen LogP contribution in [0.3, 0.4) is 0 Å². The summed E-state index contributed by atoms with van der Waals surface area (Å²) in [7, 11) is 0. The lowest BCUT2D eigenvalue weighted by molar-refractivity contribution is -0.131. The highest BCUT2D eigenvalue weighted by atomic mass is 19.3. The van der Waals surface area contributed by atoms with Crippen molar-refractivity contribution in [3.63, 3.8) is 0 Å². The number of carbonyl (C=O) groups is 2. The van der Waals surface area contributed by atoms with Crippen LogP contribution in [0, 0.1) is 17.6 Å². The molecule has 0 bridgehead atoms. The van der Waals surface area contributed by atoms with Gasteiger partial charge in [-0.25, -0.2) is 8.78 Å². The highest BCUT2D eigenvalue weighted by molar-refractivity contribution is 5.79. The third kappa shape index (κ3) is 6.67. The zero-order chi connectivity index (χ0) is 25.8. The van der Waals surface area contributed by atoms with Crippen LogP contribution in [0.15, 0.2) is 36.4 Å². The Hall–Kier alpha value is -3.30. The number of likely N-dealkylation sites (tertiary alicyclic amines) is 1. The number of alkyl halides is 2. The number of rotatable bonds is 10. The maximum absolute atomic E-state index is 13.8. The zero-order valence-corrected chi connectivity index (χ0v) is 19.8. The Balaban J connectivity index is 1.42. The maximum atomic E-state index is 13.8. The fraction of sp³-hybridized carbons (Fsp3) is 0.462. The highest BCUT2D eigenvalue weighted by Crippen LogP contribution is 2.39. The predicted molar refractivity (Wildman–Crippen MR) is 123 cm³/mol. The second-order valence-electron chi connectivity index (χ2n) is 9.31. The Labute approximate surface area is 206 Å². The zero-order valence-electron chi connectivity index (χ0n) is 19.8. The molecule has 1 unspecified atom stereocenters. The van der Waals surface area contributed by atoms with Gasteiger partial charge in [0.25, 0.3) is 0 Å². The molecule has 194 valence electrons. The second kappa shape index (κ2) is 11.2. The number of halogens is 4. The molecule has 1 heterocycles. The number of hydrogen-bond donors (Lipinski definition) is 1. The summed E-state index contributed by atoms with van der Waals surface area (Å²) in [6.45, 7) is -0.883. The van der Waals surface area contributed by atoms with E-state index in [0.717, 1.165) is 30.5 Å². The van der Waals surface area contributed by atoms with E-state index in [0.29, 0.717) is 25.5 Å². The van der Waals surface area contributed by atoms with Gasteiger partial charge >= 0.3 is 6.61 Å². The van der Waals surface area contributed by atoms with Gasteiger partial charge in [-0.05, 0) is 48.9 Å². The molecule has 36 heavy (non-hydrogen) atoms. The summed E-state index contributed by atoms with van der Waals surface area (Å²) in [4.78, 5) is 26.5. The van der Waals surface area contributed by atoms with Gasteiger partial charge in [0, 0.05) is 50.0 Å². The molecule has 2 aliphatic rings. The van der Waals surface area contributed by atoms with Crippen LogP contribution in [0.1, 0.15) is 49.7 Å². The van der Waals surface area contributed by atoms with Crippen molar-refractivity contribution in [2.75, 3.05) is 13.2 Å². The van der Waals surface area contributed by atoms with Crippen LogP contribution in [0.4, 0.5) is 17.6 Å². The number of nitrogens with one attached hydrogen (secondary N) is 1. The minimum Gasteiger partial charge on any atom is -0.489 e. The van der Waals surface area contributed by atoms with Crippen molar-refractivity contribution in [3.8, 4) is 11.5 Å². The second-order valence-corrected chi connectivity index (χ2v) is 9.31. The van der Waals surface area contributed by atoms with Gasteiger partial charge in [-0.3, -0.25) is 9.59 Å². The lowest BCUT2D eigenvalue weighted by Gasteiger charge is -2.22. The van der Waals surface area contributed by atoms with E-state index < -0.39 is 24.3 Å². The number of amides is 2. The largest absolute Gasteiger partial charge is 0.489 e. The van der Waals surface area contributed by atoms with Crippen molar-refractivity contribution in [2.24, 2.45) is 5.92 Å². The van der Waals surface area contributed by atoms with Crippen LogP contribution < -0.4 is 14.8 Å². The predicted octanol–water partition coefficient (Wildman–Crippen LogP) is 4.77. The molecule has 1 saturated carbocycles. The quantitative estimate of drug-likeness (QED) is 0.470. The van der Waals surface area contributed by atoms with Crippen molar-refractivity contribution in [2.45, 2.75) is 57.7 Å². The molecule has 1 N–H and O–H groups in total. The summed E-state index contributed by atoms with van der Waals surface area (Å²) in [6.07, 6.45) is 2.57. The Morgan fingerprint density at radius 2 is 1.89 bits per heavy atom. The molecule has 2 amide bonds. The van der Waals surface area contributed by atoms with Gasteiger partial charge in [0.2, 0.25) is 11.8 Å². The molecule has 0 spiro atoms. The molecule has 2 fully saturated rings. The Kier molecular flexibility index (Phi) is 8.01. The summed E-state index contributed by atoms with van der Waals surface area (Å²) in [5, 5.41) is 2.62. The van der Waals surface area contributed by atoms with Gasteiger partial charge in [-0.1, -0.05) is 12.1 Å². The van der Waals surface area contributed by atoms with Crippen LogP contribution in [0.2, 0.25) is 0 Å². The molecule has 0 radical (unpaired) electrons. The molecule has 2 aromatic carbocycles.